The van der Waals surface area contributed by atoms with E-state index in [0.717, 1.165) is 21.9 Å². The van der Waals surface area contributed by atoms with E-state index in [2.05, 4.69) is 5.32 Å². The van der Waals surface area contributed by atoms with E-state index in [1.54, 1.807) is 30.3 Å². The van der Waals surface area contributed by atoms with Gasteiger partial charge in [0.15, 0.2) is 11.5 Å². The van der Waals surface area contributed by atoms with E-state index in [1.165, 1.54) is 37.3 Å². The molecule has 3 aromatic carbocycles. The summed E-state index contributed by atoms with van der Waals surface area (Å²) in [5.74, 6) is -0.0723. The van der Waals surface area contributed by atoms with Gasteiger partial charge < -0.3 is 19.7 Å². The van der Waals surface area contributed by atoms with Crippen molar-refractivity contribution in [1.82, 2.24) is 10.2 Å². The van der Waals surface area contributed by atoms with Crippen LogP contribution in [0.5, 0.6) is 11.5 Å². The van der Waals surface area contributed by atoms with Crippen LogP contribution in [0.1, 0.15) is 44.7 Å². The van der Waals surface area contributed by atoms with E-state index in [0.29, 0.717) is 17.9 Å². The number of ether oxygens (including phenoxy) is 2. The van der Waals surface area contributed by atoms with E-state index in [1.807, 2.05) is 52.0 Å². The molecule has 0 saturated carbocycles. The summed E-state index contributed by atoms with van der Waals surface area (Å²) in [6.07, 6.45) is 1.08. The molecule has 9 nitrogen and oxygen atoms in total. The molecule has 0 aromatic heterocycles. The SMILES string of the molecule is CC[C@@H](C)NC(=O)[C@H](CC)N(Cc1ccc(C)cc1)C(=O)CN(c1ccc(OC)c(OC)c1)S(=O)(=O)c1ccccc1. The Morgan fingerprint density at radius 3 is 2.10 bits per heavy atom. The maximum atomic E-state index is 14.2. The van der Waals surface area contributed by atoms with Crippen LogP contribution in [0.15, 0.2) is 77.7 Å². The fourth-order valence-corrected chi connectivity index (χ4v) is 5.91. The third-order valence-electron chi connectivity index (χ3n) is 7.13. The van der Waals surface area contributed by atoms with Crippen LogP contribution in [0.3, 0.4) is 0 Å². The molecule has 0 bridgehead atoms. The van der Waals surface area contributed by atoms with Gasteiger partial charge in [-0.2, -0.15) is 0 Å². The highest BCUT2D eigenvalue weighted by atomic mass is 32.2. The molecule has 3 rings (SSSR count). The third-order valence-corrected chi connectivity index (χ3v) is 8.91. The first-order chi connectivity index (χ1) is 20.0. The Hall–Kier alpha value is -4.05. The first kappa shape index (κ1) is 32.5. The fraction of sp³-hybridized carbons (Fsp3) is 0.375. The molecule has 0 saturated heterocycles. The first-order valence-corrected chi connectivity index (χ1v) is 15.4. The smallest absolute Gasteiger partial charge is 0.264 e. The molecule has 226 valence electrons. The molecule has 0 unspecified atom stereocenters. The highest BCUT2D eigenvalue weighted by molar-refractivity contribution is 7.92. The molecule has 42 heavy (non-hydrogen) atoms. The van der Waals surface area contributed by atoms with E-state index in [-0.39, 0.29) is 29.1 Å². The highest BCUT2D eigenvalue weighted by Gasteiger charge is 2.34. The van der Waals surface area contributed by atoms with Crippen LogP contribution in [0.4, 0.5) is 5.69 Å². The number of amides is 2. The number of nitrogens with zero attached hydrogens (tertiary/aromatic N) is 2. The first-order valence-electron chi connectivity index (χ1n) is 14.0. The molecule has 0 aliphatic carbocycles. The van der Waals surface area contributed by atoms with Gasteiger partial charge in [0.25, 0.3) is 10.0 Å². The largest absolute Gasteiger partial charge is 0.493 e. The Labute approximate surface area is 249 Å². The molecule has 2 atom stereocenters. The monoisotopic (exact) mass is 595 g/mol. The topological polar surface area (TPSA) is 105 Å². The van der Waals surface area contributed by atoms with Crippen molar-refractivity contribution < 1.29 is 27.5 Å². The fourth-order valence-electron chi connectivity index (χ4n) is 4.48. The maximum Gasteiger partial charge on any atom is 0.264 e. The van der Waals surface area contributed by atoms with Crippen LogP contribution in [-0.2, 0) is 26.2 Å². The number of anilines is 1. The third kappa shape index (κ3) is 7.82. The number of carbonyl (C=O) groups is 2. The number of carbonyl (C=O) groups excluding carboxylic acids is 2. The van der Waals surface area contributed by atoms with Crippen LogP contribution in [-0.4, -0.2) is 58.0 Å². The minimum absolute atomic E-state index is 0.0271. The summed E-state index contributed by atoms with van der Waals surface area (Å²) in [6, 6.07) is 19.4. The van der Waals surface area contributed by atoms with Crippen molar-refractivity contribution in [2.75, 3.05) is 25.1 Å². The van der Waals surface area contributed by atoms with Crippen molar-refractivity contribution in [3.63, 3.8) is 0 Å². The van der Waals surface area contributed by atoms with Crippen LogP contribution in [0, 0.1) is 6.92 Å². The van der Waals surface area contributed by atoms with E-state index in [4.69, 9.17) is 9.47 Å². The molecular formula is C32H41N3O6S. The average Bonchev–Trinajstić information content (AvgIpc) is 3.00. The maximum absolute atomic E-state index is 14.2. The molecule has 1 N–H and O–H groups in total. The van der Waals surface area contributed by atoms with Gasteiger partial charge in [0.05, 0.1) is 24.8 Å². The molecule has 0 aliphatic rings. The number of methoxy groups -OCH3 is 2. The molecule has 0 heterocycles. The summed E-state index contributed by atoms with van der Waals surface area (Å²) in [5.41, 5.74) is 2.11. The lowest BCUT2D eigenvalue weighted by molar-refractivity contribution is -0.140. The second-order valence-corrected chi connectivity index (χ2v) is 12.0. The van der Waals surface area contributed by atoms with E-state index in [9.17, 15) is 18.0 Å². The zero-order valence-corrected chi connectivity index (χ0v) is 26.0. The molecule has 2 amide bonds. The van der Waals surface area contributed by atoms with Gasteiger partial charge in [-0.15, -0.1) is 0 Å². The highest BCUT2D eigenvalue weighted by Crippen LogP contribution is 2.34. The molecular weight excluding hydrogens is 554 g/mol. The number of hydrogen-bond acceptors (Lipinski definition) is 6. The van der Waals surface area contributed by atoms with Gasteiger partial charge in [-0.3, -0.25) is 13.9 Å². The Morgan fingerprint density at radius 1 is 0.881 bits per heavy atom. The Balaban J connectivity index is 2.10. The Morgan fingerprint density at radius 2 is 1.52 bits per heavy atom. The van der Waals surface area contributed by atoms with Gasteiger partial charge in [-0.25, -0.2) is 8.42 Å². The lowest BCUT2D eigenvalue weighted by Crippen LogP contribution is -2.53. The summed E-state index contributed by atoms with van der Waals surface area (Å²) in [4.78, 5) is 29.1. The molecule has 0 spiro atoms. The molecule has 10 heteroatoms. The second-order valence-electron chi connectivity index (χ2n) is 10.1. The molecule has 3 aromatic rings. The predicted molar refractivity (Wildman–Crippen MR) is 164 cm³/mol. The van der Waals surface area contributed by atoms with Crippen molar-refractivity contribution in [3.8, 4) is 11.5 Å². The van der Waals surface area contributed by atoms with Crippen molar-refractivity contribution >= 4 is 27.5 Å². The van der Waals surface area contributed by atoms with Crippen LogP contribution in [0.2, 0.25) is 0 Å². The predicted octanol–water partition coefficient (Wildman–Crippen LogP) is 4.93. The lowest BCUT2D eigenvalue weighted by atomic mass is 10.1. The number of nitrogens with one attached hydrogen (secondary N) is 1. The van der Waals surface area contributed by atoms with Crippen LogP contribution in [0.25, 0.3) is 0 Å². The van der Waals surface area contributed by atoms with Crippen LogP contribution >= 0.6 is 0 Å². The van der Waals surface area contributed by atoms with Crippen molar-refractivity contribution in [3.05, 3.63) is 83.9 Å². The molecule has 0 fully saturated rings. The Bertz CT molecular complexity index is 1440. The van der Waals surface area contributed by atoms with Gasteiger partial charge in [0, 0.05) is 18.7 Å². The number of sulfonamides is 1. The summed E-state index contributed by atoms with van der Waals surface area (Å²) in [6.45, 7) is 7.28. The number of rotatable bonds is 14. The minimum Gasteiger partial charge on any atom is -0.493 e. The summed E-state index contributed by atoms with van der Waals surface area (Å²) in [7, 11) is -1.26. The average molecular weight is 596 g/mol. The van der Waals surface area contributed by atoms with Crippen molar-refractivity contribution in [2.24, 2.45) is 0 Å². The number of benzene rings is 3. The number of hydrogen-bond donors (Lipinski definition) is 1. The van der Waals surface area contributed by atoms with Gasteiger partial charge in [-0.05, 0) is 56.5 Å². The van der Waals surface area contributed by atoms with E-state index >= 15 is 0 Å². The summed E-state index contributed by atoms with van der Waals surface area (Å²) in [5, 5.41) is 2.98. The standard InChI is InChI=1S/C32H41N3O6S/c1-7-24(4)33-32(37)28(8-2)34(21-25-16-14-23(3)15-17-25)31(36)22-35(42(38,39)27-12-10-9-11-13-27)26-18-19-29(40-5)30(20-26)41-6/h9-20,24,28H,7-8,21-22H2,1-6H3,(H,33,37)/t24-,28+/m1/s1. The molecule has 0 radical (unpaired) electrons. The number of aryl methyl sites for hydroxylation is 1. The lowest BCUT2D eigenvalue weighted by Gasteiger charge is -2.34. The second kappa shape index (κ2) is 14.7. The van der Waals surface area contributed by atoms with Crippen LogP contribution < -0.4 is 19.1 Å². The zero-order valence-electron chi connectivity index (χ0n) is 25.2. The van der Waals surface area contributed by atoms with E-state index < -0.39 is 28.5 Å². The van der Waals surface area contributed by atoms with Crippen molar-refractivity contribution in [2.45, 2.75) is 64.1 Å². The quantitative estimate of drug-likeness (QED) is 0.283. The minimum atomic E-state index is -4.19. The summed E-state index contributed by atoms with van der Waals surface area (Å²) < 4.78 is 39.8. The Kier molecular flexibility index (Phi) is 11.4. The van der Waals surface area contributed by atoms with Gasteiger partial charge in [-0.1, -0.05) is 61.9 Å². The van der Waals surface area contributed by atoms with Gasteiger partial charge in [0.1, 0.15) is 12.6 Å². The molecule has 0 aliphatic heterocycles. The van der Waals surface area contributed by atoms with Gasteiger partial charge in [0.2, 0.25) is 11.8 Å². The van der Waals surface area contributed by atoms with Gasteiger partial charge >= 0.3 is 0 Å². The summed E-state index contributed by atoms with van der Waals surface area (Å²) >= 11 is 0. The normalized spacial score (nSPS) is 12.6. The van der Waals surface area contributed by atoms with Crippen molar-refractivity contribution in [1.29, 1.82) is 0 Å². The zero-order chi connectivity index (χ0) is 30.9.